The summed E-state index contributed by atoms with van der Waals surface area (Å²) in [6.45, 7) is 0. The monoisotopic (exact) mass is 770 g/mol. The maximum absolute atomic E-state index is 11.1. The molecular formula is C52H26N4S2. The van der Waals surface area contributed by atoms with Gasteiger partial charge in [-0.1, -0.05) is 121 Å². The maximum Gasteiger partial charge on any atom is 0.101 e. The predicted octanol–water partition coefficient (Wildman–Crippen LogP) is 14.7. The average molecular weight is 771 g/mol. The van der Waals surface area contributed by atoms with E-state index in [1.165, 1.54) is 52.5 Å². The number of hydrogen-bond acceptors (Lipinski definition) is 4. The van der Waals surface area contributed by atoms with Crippen LogP contribution in [0.3, 0.4) is 0 Å². The van der Waals surface area contributed by atoms with Gasteiger partial charge in [0.15, 0.2) is 0 Å². The van der Waals surface area contributed by atoms with Gasteiger partial charge in [-0.2, -0.15) is 10.5 Å². The van der Waals surface area contributed by atoms with Crippen molar-refractivity contribution in [1.29, 1.82) is 10.5 Å². The molecule has 0 bridgehead atoms. The Kier molecular flexibility index (Phi) is 6.30. The molecule has 0 radical (unpaired) electrons. The largest absolute Gasteiger partial charge is 0.306 e. The van der Waals surface area contributed by atoms with Crippen molar-refractivity contribution in [3.8, 4) is 23.5 Å². The van der Waals surface area contributed by atoms with Crippen molar-refractivity contribution in [3.05, 3.63) is 169 Å². The van der Waals surface area contributed by atoms with Crippen molar-refractivity contribution in [3.63, 3.8) is 0 Å². The molecule has 0 saturated carbocycles. The van der Waals surface area contributed by atoms with Crippen molar-refractivity contribution in [1.82, 2.24) is 9.13 Å². The van der Waals surface area contributed by atoms with Crippen LogP contribution in [-0.2, 0) is 0 Å². The van der Waals surface area contributed by atoms with Gasteiger partial charge in [-0.15, -0.1) is 22.7 Å². The molecule has 0 unspecified atom stereocenters. The smallest absolute Gasteiger partial charge is 0.101 e. The number of nitrogens with zero attached hydrogens (tertiary/aromatic N) is 4. The molecule has 0 aliphatic heterocycles. The van der Waals surface area contributed by atoms with Gasteiger partial charge in [0, 0.05) is 52.5 Å². The molecule has 0 spiro atoms. The zero-order chi connectivity index (χ0) is 38.2. The predicted molar refractivity (Wildman–Crippen MR) is 245 cm³/mol. The van der Waals surface area contributed by atoms with Gasteiger partial charge < -0.3 is 9.13 Å². The third-order valence-electron chi connectivity index (χ3n) is 12.2. The number of fused-ring (bicyclic) bond motifs is 18. The Bertz CT molecular complexity index is 3800. The molecule has 0 atom stereocenters. The van der Waals surface area contributed by atoms with E-state index in [2.05, 4.69) is 167 Å². The van der Waals surface area contributed by atoms with Crippen LogP contribution >= 0.6 is 22.7 Å². The summed E-state index contributed by atoms with van der Waals surface area (Å²) in [7, 11) is 0. The van der Waals surface area contributed by atoms with Crippen LogP contribution in [0.1, 0.15) is 11.1 Å². The standard InChI is InChI=1S/C52H26N4S2/c53-27-31-26-44(56-42-16-8-6-14-36(42)38-20-22-40-48-34-12-4-2-10-30(34)18-24-46(48)58-52(40)50(38)56)32(28-54)25-43(31)55-41-15-7-5-13-35(41)37-19-21-39-47-33-11-3-1-9-29(33)17-23-45(47)57-51(39)49(37)55/h1-26H. The molecule has 0 amide bonds. The summed E-state index contributed by atoms with van der Waals surface area (Å²) >= 11 is 3.58. The molecule has 0 saturated heterocycles. The lowest BCUT2D eigenvalue weighted by molar-refractivity contribution is 1.13. The second-order valence-corrected chi connectivity index (χ2v) is 17.1. The molecule has 0 aliphatic carbocycles. The molecule has 266 valence electrons. The average Bonchev–Trinajstić information content (AvgIpc) is 4.04. The van der Waals surface area contributed by atoms with Crippen LogP contribution in [0.15, 0.2) is 158 Å². The van der Waals surface area contributed by atoms with Gasteiger partial charge in [-0.25, -0.2) is 0 Å². The minimum Gasteiger partial charge on any atom is -0.306 e. The normalized spacial score (nSPS) is 12.1. The van der Waals surface area contributed by atoms with E-state index in [1.54, 1.807) is 22.7 Å². The molecule has 0 N–H and O–H groups in total. The molecule has 0 aliphatic rings. The summed E-state index contributed by atoms with van der Waals surface area (Å²) in [5.74, 6) is 0. The van der Waals surface area contributed by atoms with Crippen LogP contribution < -0.4 is 0 Å². The van der Waals surface area contributed by atoms with Gasteiger partial charge in [0.25, 0.3) is 0 Å². The molecule has 9 aromatic carbocycles. The highest BCUT2D eigenvalue weighted by Gasteiger charge is 2.25. The Morgan fingerprint density at radius 1 is 0.379 bits per heavy atom. The summed E-state index contributed by atoms with van der Waals surface area (Å²) < 4.78 is 9.23. The fourth-order valence-electron chi connectivity index (χ4n) is 9.73. The van der Waals surface area contributed by atoms with Gasteiger partial charge >= 0.3 is 0 Å². The Morgan fingerprint density at radius 3 is 1.22 bits per heavy atom. The van der Waals surface area contributed by atoms with Crippen LogP contribution in [0.25, 0.3) is 117 Å². The summed E-state index contributed by atoms with van der Waals surface area (Å²) in [4.78, 5) is 0. The number of para-hydroxylation sites is 2. The molecule has 4 heterocycles. The van der Waals surface area contributed by atoms with E-state index in [9.17, 15) is 10.5 Å². The Labute approximate surface area is 338 Å². The molecule has 58 heavy (non-hydrogen) atoms. The van der Waals surface area contributed by atoms with E-state index in [1.807, 2.05) is 12.1 Å². The SMILES string of the molecule is N#Cc1cc(-n2c3ccccc3c3ccc4c(sc5ccc6ccccc6c54)c32)c(C#N)cc1-n1c2ccccc2c2ccc3c(sc4ccc5ccccc5c43)c21. The van der Waals surface area contributed by atoms with Crippen LogP contribution in [0, 0.1) is 22.7 Å². The van der Waals surface area contributed by atoms with E-state index in [0.29, 0.717) is 22.5 Å². The highest BCUT2D eigenvalue weighted by atomic mass is 32.1. The van der Waals surface area contributed by atoms with Crippen LogP contribution in [0.2, 0.25) is 0 Å². The fourth-order valence-corrected chi connectivity index (χ4v) is 12.2. The van der Waals surface area contributed by atoms with E-state index in [4.69, 9.17) is 0 Å². The van der Waals surface area contributed by atoms with Crippen molar-refractivity contribution in [2.45, 2.75) is 0 Å². The molecule has 4 nitrogen and oxygen atoms in total. The highest BCUT2D eigenvalue weighted by molar-refractivity contribution is 7.27. The summed E-state index contributed by atoms with van der Waals surface area (Å²) in [6, 6.07) is 60.9. The lowest BCUT2D eigenvalue weighted by Gasteiger charge is -2.16. The van der Waals surface area contributed by atoms with Gasteiger partial charge in [0.2, 0.25) is 0 Å². The van der Waals surface area contributed by atoms with Crippen LogP contribution in [0.4, 0.5) is 0 Å². The first-order valence-electron chi connectivity index (χ1n) is 19.2. The van der Waals surface area contributed by atoms with Gasteiger partial charge in [-0.05, 0) is 57.9 Å². The second kappa shape index (κ2) is 11.5. The van der Waals surface area contributed by atoms with Gasteiger partial charge in [0.1, 0.15) is 12.1 Å². The maximum atomic E-state index is 11.1. The number of benzene rings is 9. The minimum absolute atomic E-state index is 0.501. The molecule has 4 aromatic heterocycles. The molecule has 13 aromatic rings. The van der Waals surface area contributed by atoms with E-state index >= 15 is 0 Å². The van der Waals surface area contributed by atoms with Crippen molar-refractivity contribution in [2.24, 2.45) is 0 Å². The zero-order valence-corrected chi connectivity index (χ0v) is 32.2. The van der Waals surface area contributed by atoms with E-state index in [0.717, 1.165) is 53.0 Å². The summed E-state index contributed by atoms with van der Waals surface area (Å²) in [5.41, 5.74) is 6.49. The molecule has 6 heteroatoms. The number of nitriles is 2. The van der Waals surface area contributed by atoms with E-state index < -0.39 is 0 Å². The molecule has 13 rings (SSSR count). The fraction of sp³-hybridized carbons (Fsp3) is 0. The van der Waals surface area contributed by atoms with Crippen molar-refractivity contribution in [2.75, 3.05) is 0 Å². The third-order valence-corrected chi connectivity index (χ3v) is 14.5. The number of thiophene rings is 2. The number of hydrogen-bond donors (Lipinski definition) is 0. The number of rotatable bonds is 2. The molecule has 0 fully saturated rings. The summed E-state index contributed by atoms with van der Waals surface area (Å²) in [5, 5.41) is 36.5. The first-order valence-corrected chi connectivity index (χ1v) is 20.8. The quantitative estimate of drug-likeness (QED) is 0.176. The Balaban J connectivity index is 1.15. The Hall–Kier alpha value is -7.48. The van der Waals surface area contributed by atoms with Crippen LogP contribution in [0.5, 0.6) is 0 Å². The Morgan fingerprint density at radius 2 is 0.776 bits per heavy atom. The lowest BCUT2D eigenvalue weighted by atomic mass is 10.0. The molecular weight excluding hydrogens is 745 g/mol. The zero-order valence-electron chi connectivity index (χ0n) is 30.6. The lowest BCUT2D eigenvalue weighted by Crippen LogP contribution is -2.04. The highest BCUT2D eigenvalue weighted by Crippen LogP contribution is 2.48. The minimum atomic E-state index is 0.501. The second-order valence-electron chi connectivity index (χ2n) is 15.0. The summed E-state index contributed by atoms with van der Waals surface area (Å²) in [6.07, 6.45) is 0. The first kappa shape index (κ1) is 31.7. The van der Waals surface area contributed by atoms with Gasteiger partial charge in [-0.3, -0.25) is 0 Å². The topological polar surface area (TPSA) is 57.4 Å². The van der Waals surface area contributed by atoms with Crippen molar-refractivity contribution >= 4 is 128 Å². The third kappa shape index (κ3) is 4.05. The first-order chi connectivity index (χ1) is 28.7. The van der Waals surface area contributed by atoms with Crippen LogP contribution in [-0.4, -0.2) is 9.13 Å². The number of aromatic nitrogens is 2. The van der Waals surface area contributed by atoms with Gasteiger partial charge in [0.05, 0.1) is 54.0 Å². The van der Waals surface area contributed by atoms with Crippen molar-refractivity contribution < 1.29 is 0 Å². The van der Waals surface area contributed by atoms with E-state index in [-0.39, 0.29) is 0 Å².